The molecule has 1 aliphatic rings. The Morgan fingerprint density at radius 1 is 1.12 bits per heavy atom. The molecule has 3 aromatic heterocycles. The SMILES string of the molecule is Cc1cc(NCc2nnc3n2CCCCC3)nc(-c2ccccn2)n1. The molecule has 0 spiro atoms. The summed E-state index contributed by atoms with van der Waals surface area (Å²) in [6.45, 7) is 3.56. The van der Waals surface area contributed by atoms with Crippen molar-refractivity contribution >= 4 is 5.82 Å². The number of fused-ring (bicyclic) bond motifs is 1. The lowest BCUT2D eigenvalue weighted by Gasteiger charge is -2.10. The molecular weight excluding hydrogens is 314 g/mol. The summed E-state index contributed by atoms with van der Waals surface area (Å²) in [6.07, 6.45) is 6.41. The van der Waals surface area contributed by atoms with Crippen molar-refractivity contribution in [2.45, 2.75) is 45.7 Å². The topological polar surface area (TPSA) is 81.4 Å². The van der Waals surface area contributed by atoms with Gasteiger partial charge in [0.15, 0.2) is 11.6 Å². The normalized spacial score (nSPS) is 14.0. The monoisotopic (exact) mass is 335 g/mol. The molecule has 3 aromatic rings. The zero-order chi connectivity index (χ0) is 17.1. The maximum absolute atomic E-state index is 4.59. The first-order valence-corrected chi connectivity index (χ1v) is 8.71. The molecule has 0 aliphatic carbocycles. The third-order valence-electron chi connectivity index (χ3n) is 4.36. The van der Waals surface area contributed by atoms with Crippen LogP contribution in [0, 0.1) is 6.92 Å². The molecule has 0 saturated carbocycles. The van der Waals surface area contributed by atoms with E-state index in [1.54, 1.807) is 6.20 Å². The molecule has 0 atom stereocenters. The summed E-state index contributed by atoms with van der Waals surface area (Å²) in [7, 11) is 0. The molecule has 7 nitrogen and oxygen atoms in total. The first-order chi connectivity index (χ1) is 12.3. The Morgan fingerprint density at radius 2 is 2.08 bits per heavy atom. The molecule has 4 heterocycles. The lowest BCUT2D eigenvalue weighted by atomic mass is 10.2. The average Bonchev–Trinajstić information content (AvgIpc) is 2.86. The van der Waals surface area contributed by atoms with Gasteiger partial charge in [-0.1, -0.05) is 12.5 Å². The molecule has 0 fully saturated rings. The molecule has 0 amide bonds. The van der Waals surface area contributed by atoms with E-state index in [0.29, 0.717) is 12.4 Å². The van der Waals surface area contributed by atoms with Crippen LogP contribution in [-0.2, 0) is 19.5 Å². The highest BCUT2D eigenvalue weighted by Crippen LogP contribution is 2.17. The smallest absolute Gasteiger partial charge is 0.180 e. The molecule has 1 aliphatic heterocycles. The average molecular weight is 335 g/mol. The van der Waals surface area contributed by atoms with E-state index < -0.39 is 0 Å². The number of nitrogens with zero attached hydrogens (tertiary/aromatic N) is 6. The van der Waals surface area contributed by atoms with E-state index in [-0.39, 0.29) is 0 Å². The standard InChI is InChI=1S/C18H21N7/c1-13-11-15(22-18(21-13)14-7-4-5-9-19-14)20-12-17-24-23-16-8-3-2-6-10-25(16)17/h4-5,7,9,11H,2-3,6,8,10,12H2,1H3,(H,20,21,22). The van der Waals surface area contributed by atoms with Crippen LogP contribution < -0.4 is 5.32 Å². The zero-order valence-corrected chi connectivity index (χ0v) is 14.3. The predicted octanol–water partition coefficient (Wildman–Crippen LogP) is 2.78. The number of aromatic nitrogens is 6. The highest BCUT2D eigenvalue weighted by molar-refractivity contribution is 5.52. The van der Waals surface area contributed by atoms with Gasteiger partial charge in [-0.3, -0.25) is 4.98 Å². The summed E-state index contributed by atoms with van der Waals surface area (Å²) in [5, 5.41) is 12.1. The molecule has 0 radical (unpaired) electrons. The summed E-state index contributed by atoms with van der Waals surface area (Å²) in [4.78, 5) is 13.4. The van der Waals surface area contributed by atoms with Crippen LogP contribution in [0.3, 0.4) is 0 Å². The van der Waals surface area contributed by atoms with Crippen LogP contribution in [0.5, 0.6) is 0 Å². The first-order valence-electron chi connectivity index (χ1n) is 8.71. The van der Waals surface area contributed by atoms with Gasteiger partial charge in [0.2, 0.25) is 0 Å². The van der Waals surface area contributed by atoms with Crippen molar-refractivity contribution < 1.29 is 0 Å². The van der Waals surface area contributed by atoms with Crippen molar-refractivity contribution in [2.24, 2.45) is 0 Å². The van der Waals surface area contributed by atoms with Crippen LogP contribution in [0.4, 0.5) is 5.82 Å². The van der Waals surface area contributed by atoms with E-state index in [1.165, 1.54) is 19.3 Å². The van der Waals surface area contributed by atoms with Crippen molar-refractivity contribution in [1.82, 2.24) is 29.7 Å². The van der Waals surface area contributed by atoms with Crippen molar-refractivity contribution in [3.05, 3.63) is 47.8 Å². The summed E-state index contributed by atoms with van der Waals surface area (Å²) in [5.74, 6) is 3.47. The fourth-order valence-electron chi connectivity index (χ4n) is 3.11. The summed E-state index contributed by atoms with van der Waals surface area (Å²) in [5.41, 5.74) is 1.67. The van der Waals surface area contributed by atoms with Crippen LogP contribution in [-0.4, -0.2) is 29.7 Å². The van der Waals surface area contributed by atoms with Gasteiger partial charge in [0.25, 0.3) is 0 Å². The molecule has 7 heteroatoms. The zero-order valence-electron chi connectivity index (χ0n) is 14.3. The van der Waals surface area contributed by atoms with Crippen LogP contribution in [0.25, 0.3) is 11.5 Å². The maximum Gasteiger partial charge on any atom is 0.180 e. The predicted molar refractivity (Wildman–Crippen MR) is 94.9 cm³/mol. The number of nitrogens with one attached hydrogen (secondary N) is 1. The number of pyridine rings is 1. The number of rotatable bonds is 4. The molecule has 1 N–H and O–H groups in total. The van der Waals surface area contributed by atoms with Gasteiger partial charge >= 0.3 is 0 Å². The van der Waals surface area contributed by atoms with Gasteiger partial charge in [0, 0.05) is 30.9 Å². The molecular formula is C18H21N7. The number of hydrogen-bond acceptors (Lipinski definition) is 6. The minimum atomic E-state index is 0.602. The highest BCUT2D eigenvalue weighted by atomic mass is 15.3. The number of aryl methyl sites for hydroxylation is 2. The first kappa shape index (κ1) is 15.7. The van der Waals surface area contributed by atoms with E-state index >= 15 is 0 Å². The minimum absolute atomic E-state index is 0.602. The van der Waals surface area contributed by atoms with Crippen LogP contribution in [0.1, 0.15) is 36.6 Å². The van der Waals surface area contributed by atoms with Crippen LogP contribution in [0.15, 0.2) is 30.5 Å². The second-order valence-electron chi connectivity index (χ2n) is 6.28. The molecule has 128 valence electrons. The van der Waals surface area contributed by atoms with Gasteiger partial charge in [-0.15, -0.1) is 10.2 Å². The highest BCUT2D eigenvalue weighted by Gasteiger charge is 2.14. The fourth-order valence-corrected chi connectivity index (χ4v) is 3.11. The van der Waals surface area contributed by atoms with Gasteiger partial charge in [-0.05, 0) is 31.9 Å². The fraction of sp³-hybridized carbons (Fsp3) is 0.389. The minimum Gasteiger partial charge on any atom is -0.363 e. The Balaban J connectivity index is 1.54. The van der Waals surface area contributed by atoms with E-state index in [9.17, 15) is 0 Å². The summed E-state index contributed by atoms with van der Waals surface area (Å²) < 4.78 is 2.24. The van der Waals surface area contributed by atoms with Gasteiger partial charge in [0.1, 0.15) is 17.3 Å². The van der Waals surface area contributed by atoms with Crippen molar-refractivity contribution in [1.29, 1.82) is 0 Å². The van der Waals surface area contributed by atoms with E-state index in [4.69, 9.17) is 0 Å². The molecule has 0 aromatic carbocycles. The van der Waals surface area contributed by atoms with Gasteiger partial charge in [0.05, 0.1) is 6.54 Å². The van der Waals surface area contributed by atoms with Crippen LogP contribution in [0.2, 0.25) is 0 Å². The number of anilines is 1. The van der Waals surface area contributed by atoms with E-state index in [2.05, 4.69) is 35.0 Å². The lowest BCUT2D eigenvalue weighted by Crippen LogP contribution is -2.11. The maximum atomic E-state index is 4.59. The van der Waals surface area contributed by atoms with Gasteiger partial charge in [-0.25, -0.2) is 9.97 Å². The largest absolute Gasteiger partial charge is 0.363 e. The molecule has 4 rings (SSSR count). The summed E-state index contributed by atoms with van der Waals surface area (Å²) in [6, 6.07) is 7.67. The third kappa shape index (κ3) is 3.50. The van der Waals surface area contributed by atoms with Gasteiger partial charge in [-0.2, -0.15) is 0 Å². The Kier molecular flexibility index (Phi) is 4.37. The Bertz CT molecular complexity index is 857. The molecule has 25 heavy (non-hydrogen) atoms. The summed E-state index contributed by atoms with van der Waals surface area (Å²) >= 11 is 0. The van der Waals surface area contributed by atoms with Crippen molar-refractivity contribution in [3.63, 3.8) is 0 Å². The Labute approximate surface area is 146 Å². The Morgan fingerprint density at radius 3 is 2.96 bits per heavy atom. The molecule has 0 unspecified atom stereocenters. The third-order valence-corrected chi connectivity index (χ3v) is 4.36. The Hall–Kier alpha value is -2.83. The lowest BCUT2D eigenvalue weighted by molar-refractivity contribution is 0.609. The quantitative estimate of drug-likeness (QED) is 0.789. The van der Waals surface area contributed by atoms with Gasteiger partial charge < -0.3 is 9.88 Å². The molecule has 0 saturated heterocycles. The van der Waals surface area contributed by atoms with E-state index in [1.807, 2.05) is 31.2 Å². The molecule has 0 bridgehead atoms. The van der Waals surface area contributed by atoms with Crippen LogP contribution >= 0.6 is 0 Å². The second kappa shape index (κ2) is 6.96. The number of hydrogen-bond donors (Lipinski definition) is 1. The van der Waals surface area contributed by atoms with E-state index in [0.717, 1.165) is 41.8 Å². The second-order valence-corrected chi connectivity index (χ2v) is 6.28. The van der Waals surface area contributed by atoms with Crippen molar-refractivity contribution in [3.8, 4) is 11.5 Å². The van der Waals surface area contributed by atoms with Crippen molar-refractivity contribution in [2.75, 3.05) is 5.32 Å².